The van der Waals surface area contributed by atoms with Crippen molar-refractivity contribution in [1.29, 1.82) is 0 Å². The van der Waals surface area contributed by atoms with Crippen LogP contribution < -0.4 is 4.74 Å². The number of allylic oxidation sites excluding steroid dienone is 5. The van der Waals surface area contributed by atoms with Gasteiger partial charge in [0.25, 0.3) is 0 Å². The van der Waals surface area contributed by atoms with Crippen molar-refractivity contribution in [1.82, 2.24) is 5.16 Å². The summed E-state index contributed by atoms with van der Waals surface area (Å²) in [5.41, 5.74) is 2.33. The number of hydrogen-bond acceptors (Lipinski definition) is 6. The summed E-state index contributed by atoms with van der Waals surface area (Å²) in [5.74, 6) is 1.68. The molecular formula is C31H30Cl3NO5S. The molecule has 2 fully saturated rings. The quantitative estimate of drug-likeness (QED) is 0.225. The minimum Gasteiger partial charge on any atom is -0.489 e. The van der Waals surface area contributed by atoms with Gasteiger partial charge in [-0.3, -0.25) is 0 Å². The van der Waals surface area contributed by atoms with Gasteiger partial charge in [-0.2, -0.15) is 0 Å². The second-order valence-corrected chi connectivity index (χ2v) is 14.2. The molecule has 2 aliphatic carbocycles. The average Bonchev–Trinajstić information content (AvgIpc) is 3.65. The minimum absolute atomic E-state index is 0.0553. The van der Waals surface area contributed by atoms with E-state index in [9.17, 15) is 13.5 Å². The summed E-state index contributed by atoms with van der Waals surface area (Å²) in [4.78, 5) is 0.275. The standard InChI is InChI=1S/C31H30Cl3NO5S/c1-18(6-4-7-19(2)41(3,37)38)21-15-31(36,16-21)24-13-12-22(14-27(24)34)39-17-23-29(35-40-30(23)20-10-11-20)28-25(32)8-5-9-26(28)33/h4-9,12-14,20-21,36H,1,10-11,15-17H2,2-3H3/b6-4-,19-7+/t21-,31+. The van der Waals surface area contributed by atoms with Crippen LogP contribution in [0.25, 0.3) is 11.3 Å². The van der Waals surface area contributed by atoms with Crippen molar-refractivity contribution in [2.24, 2.45) is 5.92 Å². The third-order valence-electron chi connectivity index (χ3n) is 7.71. The van der Waals surface area contributed by atoms with Gasteiger partial charge < -0.3 is 14.4 Å². The van der Waals surface area contributed by atoms with Gasteiger partial charge in [0, 0.05) is 28.2 Å². The average molecular weight is 635 g/mol. The number of ether oxygens (including phenoxy) is 1. The van der Waals surface area contributed by atoms with Crippen molar-refractivity contribution in [2.75, 3.05) is 6.26 Å². The molecule has 0 unspecified atom stereocenters. The maximum atomic E-state index is 11.6. The van der Waals surface area contributed by atoms with Crippen LogP contribution in [0.1, 0.15) is 55.4 Å². The van der Waals surface area contributed by atoms with Crippen molar-refractivity contribution in [2.45, 2.75) is 50.7 Å². The highest BCUT2D eigenvalue weighted by Crippen LogP contribution is 2.51. The normalized spacial score (nSPS) is 21.2. The van der Waals surface area contributed by atoms with E-state index in [4.69, 9.17) is 44.1 Å². The summed E-state index contributed by atoms with van der Waals surface area (Å²) in [6.07, 6.45) is 9.12. The monoisotopic (exact) mass is 633 g/mol. The minimum atomic E-state index is -3.22. The molecule has 2 saturated carbocycles. The topological polar surface area (TPSA) is 89.6 Å². The summed E-state index contributed by atoms with van der Waals surface area (Å²) >= 11 is 19.5. The van der Waals surface area contributed by atoms with Crippen LogP contribution in [0.5, 0.6) is 5.75 Å². The molecule has 10 heteroatoms. The van der Waals surface area contributed by atoms with Gasteiger partial charge in [0.1, 0.15) is 23.8 Å². The molecule has 216 valence electrons. The molecule has 0 bridgehead atoms. The van der Waals surface area contributed by atoms with Gasteiger partial charge in [-0.15, -0.1) is 0 Å². The van der Waals surface area contributed by atoms with Gasteiger partial charge in [-0.25, -0.2) is 8.42 Å². The Hall–Kier alpha value is -2.55. The zero-order chi connectivity index (χ0) is 29.5. The molecule has 2 aromatic carbocycles. The second kappa shape index (κ2) is 11.6. The van der Waals surface area contributed by atoms with Crippen LogP contribution in [-0.2, 0) is 22.0 Å². The van der Waals surface area contributed by atoms with Gasteiger partial charge in [-0.1, -0.05) is 76.4 Å². The number of benzene rings is 2. The third kappa shape index (κ3) is 6.45. The Morgan fingerprint density at radius 3 is 2.46 bits per heavy atom. The van der Waals surface area contributed by atoms with Crippen LogP contribution in [0.4, 0.5) is 0 Å². The molecule has 0 atom stereocenters. The molecule has 0 amide bonds. The molecule has 1 heterocycles. The molecule has 41 heavy (non-hydrogen) atoms. The fourth-order valence-electron chi connectivity index (χ4n) is 4.97. The lowest BCUT2D eigenvalue weighted by Crippen LogP contribution is -2.41. The van der Waals surface area contributed by atoms with Crippen LogP contribution in [0, 0.1) is 5.92 Å². The Morgan fingerprint density at radius 2 is 1.85 bits per heavy atom. The molecule has 1 aromatic heterocycles. The van der Waals surface area contributed by atoms with E-state index < -0.39 is 15.4 Å². The largest absolute Gasteiger partial charge is 0.489 e. The number of hydrogen-bond donors (Lipinski definition) is 1. The fourth-order valence-corrected chi connectivity index (χ4v) is 6.22. The molecule has 2 aliphatic rings. The summed E-state index contributed by atoms with van der Waals surface area (Å²) < 4.78 is 35.0. The van der Waals surface area contributed by atoms with Crippen molar-refractivity contribution >= 4 is 44.6 Å². The maximum absolute atomic E-state index is 11.6. The molecule has 6 nitrogen and oxygen atoms in total. The van der Waals surface area contributed by atoms with Crippen LogP contribution >= 0.6 is 34.8 Å². The second-order valence-electron chi connectivity index (χ2n) is 10.8. The number of sulfone groups is 1. The molecule has 0 aliphatic heterocycles. The Bertz CT molecular complexity index is 1640. The smallest absolute Gasteiger partial charge is 0.171 e. The highest BCUT2D eigenvalue weighted by Gasteiger charge is 2.45. The number of halogens is 3. The van der Waals surface area contributed by atoms with E-state index in [-0.39, 0.29) is 17.4 Å². The number of aromatic nitrogens is 1. The van der Waals surface area contributed by atoms with Gasteiger partial charge in [0.05, 0.1) is 26.2 Å². The van der Waals surface area contributed by atoms with E-state index in [2.05, 4.69) is 11.7 Å². The number of nitrogens with zero attached hydrogens (tertiary/aromatic N) is 1. The summed E-state index contributed by atoms with van der Waals surface area (Å²) in [6.45, 7) is 5.82. The molecule has 1 N–H and O–H groups in total. The van der Waals surface area contributed by atoms with E-state index in [0.29, 0.717) is 56.4 Å². The van der Waals surface area contributed by atoms with E-state index in [1.165, 1.54) is 6.26 Å². The fraction of sp³-hybridized carbons (Fsp3) is 0.323. The molecule has 0 spiro atoms. The molecule has 0 radical (unpaired) electrons. The summed E-state index contributed by atoms with van der Waals surface area (Å²) in [7, 11) is -3.22. The van der Waals surface area contributed by atoms with E-state index in [1.54, 1.807) is 61.5 Å². The predicted octanol–water partition coefficient (Wildman–Crippen LogP) is 8.42. The third-order valence-corrected chi connectivity index (χ3v) is 9.96. The predicted molar refractivity (Wildman–Crippen MR) is 163 cm³/mol. The van der Waals surface area contributed by atoms with Gasteiger partial charge in [0.2, 0.25) is 0 Å². The molecular weight excluding hydrogens is 605 g/mol. The van der Waals surface area contributed by atoms with Gasteiger partial charge in [0.15, 0.2) is 9.84 Å². The van der Waals surface area contributed by atoms with Crippen molar-refractivity contribution in [3.63, 3.8) is 0 Å². The zero-order valence-corrected chi connectivity index (χ0v) is 25.7. The molecule has 0 saturated heterocycles. The first-order chi connectivity index (χ1) is 19.4. The van der Waals surface area contributed by atoms with Crippen LogP contribution in [0.2, 0.25) is 15.1 Å². The highest BCUT2D eigenvalue weighted by atomic mass is 35.5. The Balaban J connectivity index is 1.27. The first kappa shape index (κ1) is 29.9. The Kier molecular flexibility index (Phi) is 8.48. The Labute approximate surface area is 255 Å². The van der Waals surface area contributed by atoms with Crippen LogP contribution in [0.3, 0.4) is 0 Å². The van der Waals surface area contributed by atoms with E-state index >= 15 is 0 Å². The highest BCUT2D eigenvalue weighted by molar-refractivity contribution is 7.94. The number of aliphatic hydroxyl groups is 1. The SMILES string of the molecule is C=C(/C=C\C=C(/C)S(C)(=O)=O)[C@H]1C[C@](O)(c2ccc(OCc3c(-c4c(Cl)cccc4Cl)noc3C3CC3)cc2Cl)C1. The van der Waals surface area contributed by atoms with Crippen molar-refractivity contribution < 1.29 is 22.8 Å². The first-order valence-electron chi connectivity index (χ1n) is 13.2. The lowest BCUT2D eigenvalue weighted by Gasteiger charge is -2.45. The Morgan fingerprint density at radius 1 is 1.17 bits per heavy atom. The van der Waals surface area contributed by atoms with Crippen LogP contribution in [-0.4, -0.2) is 24.9 Å². The van der Waals surface area contributed by atoms with Gasteiger partial charge in [-0.05, 0) is 68.9 Å². The van der Waals surface area contributed by atoms with E-state index in [1.807, 2.05) is 0 Å². The first-order valence-corrected chi connectivity index (χ1v) is 16.2. The zero-order valence-electron chi connectivity index (χ0n) is 22.7. The lowest BCUT2D eigenvalue weighted by molar-refractivity contribution is -0.0672. The van der Waals surface area contributed by atoms with Gasteiger partial charge >= 0.3 is 0 Å². The number of rotatable bonds is 10. The molecule has 5 rings (SSSR count). The summed E-state index contributed by atoms with van der Waals surface area (Å²) in [6, 6.07) is 10.6. The van der Waals surface area contributed by atoms with E-state index in [0.717, 1.165) is 29.7 Å². The van der Waals surface area contributed by atoms with Crippen molar-refractivity contribution in [3.8, 4) is 17.0 Å². The van der Waals surface area contributed by atoms with Crippen molar-refractivity contribution in [3.05, 3.63) is 104 Å². The van der Waals surface area contributed by atoms with Crippen LogP contribution in [0.15, 0.2) is 76.2 Å². The lowest BCUT2D eigenvalue weighted by atomic mass is 9.65. The summed E-state index contributed by atoms with van der Waals surface area (Å²) in [5, 5.41) is 16.9. The maximum Gasteiger partial charge on any atom is 0.171 e. The molecule has 3 aromatic rings.